The monoisotopic (exact) mass is 300 g/mol. The van der Waals surface area contributed by atoms with Crippen LogP contribution < -0.4 is 5.32 Å². The van der Waals surface area contributed by atoms with Crippen molar-refractivity contribution in [1.29, 1.82) is 0 Å². The number of anilines is 1. The number of para-hydroxylation sites is 1. The standard InChI is InChI=1S/C13H8N4O3S/c18-13(8-4-1-2-7-11(8)17(19)20)14-9-5-3-6-10-12(9)16-21-15-10/h1-7H,(H,14,18). The minimum atomic E-state index is -0.583. The van der Waals surface area contributed by atoms with E-state index in [9.17, 15) is 14.9 Å². The van der Waals surface area contributed by atoms with Crippen LogP contribution in [0.3, 0.4) is 0 Å². The first-order valence-corrected chi connectivity index (χ1v) is 6.66. The number of hydrogen-bond donors (Lipinski definition) is 1. The summed E-state index contributed by atoms with van der Waals surface area (Å²) in [5.41, 5.74) is 1.47. The molecule has 0 radical (unpaired) electrons. The normalized spacial score (nSPS) is 10.5. The fourth-order valence-electron chi connectivity index (χ4n) is 1.92. The van der Waals surface area contributed by atoms with Crippen LogP contribution in [0.1, 0.15) is 10.4 Å². The Kier molecular flexibility index (Phi) is 3.28. The van der Waals surface area contributed by atoms with Crippen molar-refractivity contribution < 1.29 is 9.72 Å². The Bertz CT molecular complexity index is 846. The van der Waals surface area contributed by atoms with Crippen LogP contribution in [0.4, 0.5) is 11.4 Å². The summed E-state index contributed by atoms with van der Waals surface area (Å²) in [7, 11) is 0. The van der Waals surface area contributed by atoms with Gasteiger partial charge < -0.3 is 5.32 Å². The average Bonchev–Trinajstić information content (AvgIpc) is 2.96. The van der Waals surface area contributed by atoms with Crippen LogP contribution in [0.5, 0.6) is 0 Å². The van der Waals surface area contributed by atoms with Crippen molar-refractivity contribution in [2.75, 3.05) is 5.32 Å². The highest BCUT2D eigenvalue weighted by molar-refractivity contribution is 7.00. The van der Waals surface area contributed by atoms with E-state index in [0.717, 1.165) is 11.7 Å². The Hall–Kier alpha value is -2.87. The molecule has 21 heavy (non-hydrogen) atoms. The summed E-state index contributed by atoms with van der Waals surface area (Å²) in [4.78, 5) is 22.6. The second-order valence-corrected chi connectivity index (χ2v) is 4.69. The lowest BCUT2D eigenvalue weighted by Gasteiger charge is -2.06. The molecule has 0 fully saturated rings. The molecule has 1 amide bonds. The molecule has 2 aromatic carbocycles. The van der Waals surface area contributed by atoms with Crippen molar-refractivity contribution in [2.45, 2.75) is 0 Å². The SMILES string of the molecule is O=C(Nc1cccc2nsnc12)c1ccccc1[N+](=O)[O-]. The Morgan fingerprint density at radius 3 is 2.76 bits per heavy atom. The summed E-state index contributed by atoms with van der Waals surface area (Å²) in [5.74, 6) is -0.553. The van der Waals surface area contributed by atoms with E-state index in [1.54, 1.807) is 24.3 Å². The lowest BCUT2D eigenvalue weighted by atomic mass is 10.1. The fourth-order valence-corrected chi connectivity index (χ4v) is 2.47. The smallest absolute Gasteiger partial charge is 0.282 e. The second kappa shape index (κ2) is 5.25. The average molecular weight is 300 g/mol. The van der Waals surface area contributed by atoms with E-state index in [4.69, 9.17) is 0 Å². The van der Waals surface area contributed by atoms with Gasteiger partial charge in [-0.2, -0.15) is 8.75 Å². The topological polar surface area (TPSA) is 98.0 Å². The van der Waals surface area contributed by atoms with Gasteiger partial charge in [-0.3, -0.25) is 14.9 Å². The Morgan fingerprint density at radius 2 is 1.95 bits per heavy atom. The van der Waals surface area contributed by atoms with Crippen LogP contribution in [0.25, 0.3) is 11.0 Å². The third kappa shape index (κ3) is 2.43. The fraction of sp³-hybridized carbons (Fsp3) is 0. The number of nitro groups is 1. The maximum atomic E-state index is 12.2. The van der Waals surface area contributed by atoms with E-state index in [-0.39, 0.29) is 11.3 Å². The Labute approximate surface area is 122 Å². The van der Waals surface area contributed by atoms with E-state index in [2.05, 4.69) is 14.1 Å². The van der Waals surface area contributed by atoms with E-state index < -0.39 is 10.8 Å². The van der Waals surface area contributed by atoms with Gasteiger partial charge in [0.1, 0.15) is 16.6 Å². The first-order chi connectivity index (χ1) is 10.2. The van der Waals surface area contributed by atoms with E-state index in [1.807, 2.05) is 0 Å². The molecule has 1 N–H and O–H groups in total. The number of fused-ring (bicyclic) bond motifs is 1. The minimum absolute atomic E-state index is 0.00249. The first kappa shape index (κ1) is 13.1. The van der Waals surface area contributed by atoms with Crippen molar-refractivity contribution in [3.05, 3.63) is 58.1 Å². The van der Waals surface area contributed by atoms with E-state index >= 15 is 0 Å². The quantitative estimate of drug-likeness (QED) is 0.592. The number of nitro benzene ring substituents is 1. The highest BCUT2D eigenvalue weighted by Gasteiger charge is 2.20. The number of nitrogens with zero attached hydrogens (tertiary/aromatic N) is 3. The highest BCUT2D eigenvalue weighted by Crippen LogP contribution is 2.24. The van der Waals surface area contributed by atoms with E-state index in [0.29, 0.717) is 16.7 Å². The zero-order chi connectivity index (χ0) is 14.8. The van der Waals surface area contributed by atoms with Gasteiger partial charge in [0.25, 0.3) is 11.6 Å². The molecule has 0 unspecified atom stereocenters. The number of hydrogen-bond acceptors (Lipinski definition) is 6. The summed E-state index contributed by atoms with van der Waals surface area (Å²) < 4.78 is 8.18. The number of carbonyl (C=O) groups excluding carboxylic acids is 1. The van der Waals surface area contributed by atoms with Crippen LogP contribution in [0, 0.1) is 10.1 Å². The van der Waals surface area contributed by atoms with Gasteiger partial charge in [-0.15, -0.1) is 0 Å². The molecule has 104 valence electrons. The van der Waals surface area contributed by atoms with Crippen molar-refractivity contribution >= 4 is 40.0 Å². The molecule has 1 aromatic heterocycles. The predicted octanol–water partition coefficient (Wildman–Crippen LogP) is 2.85. The summed E-state index contributed by atoms with van der Waals surface area (Å²) in [6.45, 7) is 0. The van der Waals surface area contributed by atoms with Gasteiger partial charge in [0.2, 0.25) is 0 Å². The van der Waals surface area contributed by atoms with E-state index in [1.165, 1.54) is 18.2 Å². The molecule has 0 bridgehead atoms. The molecular formula is C13H8N4O3S. The van der Waals surface area contributed by atoms with Crippen LogP contribution in [0.15, 0.2) is 42.5 Å². The molecule has 0 saturated heterocycles. The predicted molar refractivity (Wildman–Crippen MR) is 78.5 cm³/mol. The maximum absolute atomic E-state index is 12.2. The minimum Gasteiger partial charge on any atom is -0.320 e. The molecule has 7 nitrogen and oxygen atoms in total. The zero-order valence-corrected chi connectivity index (χ0v) is 11.3. The van der Waals surface area contributed by atoms with Gasteiger partial charge in [0.15, 0.2) is 0 Å². The lowest BCUT2D eigenvalue weighted by Crippen LogP contribution is -2.14. The number of nitrogens with one attached hydrogen (secondary N) is 1. The van der Waals surface area contributed by atoms with Crippen LogP contribution in [-0.4, -0.2) is 19.6 Å². The lowest BCUT2D eigenvalue weighted by molar-refractivity contribution is -0.385. The molecule has 8 heteroatoms. The number of aromatic nitrogens is 2. The number of carbonyl (C=O) groups is 1. The van der Waals surface area contributed by atoms with Gasteiger partial charge in [0, 0.05) is 6.07 Å². The molecule has 0 saturated carbocycles. The molecule has 3 rings (SSSR count). The maximum Gasteiger partial charge on any atom is 0.282 e. The summed E-state index contributed by atoms with van der Waals surface area (Å²) >= 11 is 1.04. The summed E-state index contributed by atoms with van der Waals surface area (Å²) in [5, 5.41) is 13.6. The van der Waals surface area contributed by atoms with Crippen LogP contribution in [0.2, 0.25) is 0 Å². The highest BCUT2D eigenvalue weighted by atomic mass is 32.1. The van der Waals surface area contributed by atoms with Gasteiger partial charge in [0.05, 0.1) is 22.3 Å². The van der Waals surface area contributed by atoms with Crippen molar-refractivity contribution in [3.8, 4) is 0 Å². The largest absolute Gasteiger partial charge is 0.320 e. The molecule has 1 heterocycles. The van der Waals surface area contributed by atoms with Crippen molar-refractivity contribution in [1.82, 2.24) is 8.75 Å². The second-order valence-electron chi connectivity index (χ2n) is 4.17. The van der Waals surface area contributed by atoms with Crippen molar-refractivity contribution in [3.63, 3.8) is 0 Å². The third-order valence-electron chi connectivity index (χ3n) is 2.88. The first-order valence-electron chi connectivity index (χ1n) is 5.93. The molecule has 0 aliphatic rings. The van der Waals surface area contributed by atoms with Gasteiger partial charge in [-0.1, -0.05) is 18.2 Å². The molecule has 3 aromatic rings. The Morgan fingerprint density at radius 1 is 1.14 bits per heavy atom. The van der Waals surface area contributed by atoms with Crippen LogP contribution in [-0.2, 0) is 0 Å². The number of amides is 1. The molecule has 0 aliphatic heterocycles. The molecule has 0 spiro atoms. The van der Waals surface area contributed by atoms with Crippen molar-refractivity contribution in [2.24, 2.45) is 0 Å². The van der Waals surface area contributed by atoms with Gasteiger partial charge in [-0.25, -0.2) is 0 Å². The molecule has 0 atom stereocenters. The number of rotatable bonds is 3. The molecular weight excluding hydrogens is 292 g/mol. The van der Waals surface area contributed by atoms with Gasteiger partial charge >= 0.3 is 0 Å². The summed E-state index contributed by atoms with van der Waals surface area (Å²) in [6, 6.07) is 11.0. The third-order valence-corrected chi connectivity index (χ3v) is 3.42. The number of benzene rings is 2. The van der Waals surface area contributed by atoms with Gasteiger partial charge in [-0.05, 0) is 18.2 Å². The summed E-state index contributed by atoms with van der Waals surface area (Å²) in [6.07, 6.45) is 0. The zero-order valence-electron chi connectivity index (χ0n) is 10.5. The van der Waals surface area contributed by atoms with Crippen LogP contribution >= 0.6 is 11.7 Å². The Balaban J connectivity index is 1.97. The molecule has 0 aliphatic carbocycles.